The first-order chi connectivity index (χ1) is 14.1. The fourth-order valence-electron chi connectivity index (χ4n) is 3.19. The van der Waals surface area contributed by atoms with Gasteiger partial charge in [0.1, 0.15) is 10.7 Å². The molecule has 0 saturated carbocycles. The second kappa shape index (κ2) is 7.96. The molecule has 1 aliphatic heterocycles. The zero-order chi connectivity index (χ0) is 22.2. The number of imide groups is 1. The molecule has 0 aliphatic carbocycles. The van der Waals surface area contributed by atoms with E-state index in [1.807, 2.05) is 0 Å². The minimum Gasteiger partial charge on any atom is -0.322 e. The van der Waals surface area contributed by atoms with Gasteiger partial charge in [-0.2, -0.15) is 4.31 Å². The SMILES string of the molecule is CCN(CC)S(=O)(=O)c1cc(C(=O)Nc2ccc3c(c2)C(=O)N(C)C3=O)ccc1F. The molecule has 3 rings (SSSR count). The van der Waals surface area contributed by atoms with E-state index in [0.29, 0.717) is 0 Å². The zero-order valence-electron chi connectivity index (χ0n) is 16.6. The zero-order valence-corrected chi connectivity index (χ0v) is 17.4. The standard InChI is InChI=1S/C20H20FN3O5S/c1-4-24(5-2)30(28,29)17-10-12(6-9-16(17)21)18(25)22-13-7-8-14-15(11-13)20(27)23(3)19(14)26/h6-11H,4-5H2,1-3H3,(H,22,25). The van der Waals surface area contributed by atoms with Crippen LogP contribution in [-0.2, 0) is 10.0 Å². The molecule has 0 saturated heterocycles. The molecule has 30 heavy (non-hydrogen) atoms. The van der Waals surface area contributed by atoms with Crippen molar-refractivity contribution in [1.82, 2.24) is 9.21 Å². The van der Waals surface area contributed by atoms with E-state index >= 15 is 0 Å². The van der Waals surface area contributed by atoms with Crippen LogP contribution in [-0.4, -0.2) is 55.5 Å². The van der Waals surface area contributed by atoms with E-state index in [4.69, 9.17) is 0 Å². The van der Waals surface area contributed by atoms with Crippen molar-refractivity contribution in [2.45, 2.75) is 18.7 Å². The molecule has 0 spiro atoms. The third kappa shape index (κ3) is 3.59. The topological polar surface area (TPSA) is 104 Å². The molecule has 2 aromatic rings. The first kappa shape index (κ1) is 21.6. The molecule has 0 aromatic heterocycles. The summed E-state index contributed by atoms with van der Waals surface area (Å²) in [4.78, 5) is 37.1. The minimum absolute atomic E-state index is 0.0675. The number of rotatable bonds is 6. The minimum atomic E-state index is -4.10. The highest BCUT2D eigenvalue weighted by atomic mass is 32.2. The number of anilines is 1. The summed E-state index contributed by atoms with van der Waals surface area (Å²) in [6.45, 7) is 3.58. The molecule has 1 N–H and O–H groups in total. The average molecular weight is 433 g/mol. The second-order valence-corrected chi connectivity index (χ2v) is 8.52. The number of nitrogens with zero attached hydrogens (tertiary/aromatic N) is 2. The summed E-state index contributed by atoms with van der Waals surface area (Å²) in [6.07, 6.45) is 0. The van der Waals surface area contributed by atoms with Gasteiger partial charge >= 0.3 is 0 Å². The molecule has 0 unspecified atom stereocenters. The number of halogens is 1. The smallest absolute Gasteiger partial charge is 0.261 e. The molecule has 158 valence electrons. The van der Waals surface area contributed by atoms with Crippen LogP contribution in [0.25, 0.3) is 0 Å². The molecule has 1 heterocycles. The maximum atomic E-state index is 14.2. The largest absolute Gasteiger partial charge is 0.322 e. The van der Waals surface area contributed by atoms with E-state index < -0.39 is 38.5 Å². The van der Waals surface area contributed by atoms with E-state index in [1.54, 1.807) is 13.8 Å². The maximum absolute atomic E-state index is 14.2. The summed E-state index contributed by atoms with van der Waals surface area (Å²) in [7, 11) is -2.74. The lowest BCUT2D eigenvalue weighted by Crippen LogP contribution is -2.31. The molecular weight excluding hydrogens is 413 g/mol. The lowest BCUT2D eigenvalue weighted by atomic mass is 10.1. The van der Waals surface area contributed by atoms with Crippen molar-refractivity contribution in [3.05, 3.63) is 58.9 Å². The monoisotopic (exact) mass is 433 g/mol. The van der Waals surface area contributed by atoms with E-state index in [9.17, 15) is 27.2 Å². The van der Waals surface area contributed by atoms with Crippen molar-refractivity contribution >= 4 is 33.4 Å². The number of sulfonamides is 1. The Morgan fingerprint density at radius 2 is 1.67 bits per heavy atom. The van der Waals surface area contributed by atoms with Crippen LogP contribution in [0.4, 0.5) is 10.1 Å². The highest BCUT2D eigenvalue weighted by Gasteiger charge is 2.33. The van der Waals surface area contributed by atoms with Gasteiger partial charge in [0.15, 0.2) is 0 Å². The number of nitrogens with one attached hydrogen (secondary N) is 1. The number of carbonyl (C=O) groups excluding carboxylic acids is 3. The van der Waals surface area contributed by atoms with E-state index in [1.165, 1.54) is 31.3 Å². The van der Waals surface area contributed by atoms with Crippen LogP contribution in [0.5, 0.6) is 0 Å². The summed E-state index contributed by atoms with van der Waals surface area (Å²) < 4.78 is 40.6. The predicted octanol–water partition coefficient (Wildman–Crippen LogP) is 2.33. The number of amides is 3. The van der Waals surface area contributed by atoms with E-state index in [2.05, 4.69) is 5.32 Å². The van der Waals surface area contributed by atoms with Crippen molar-refractivity contribution < 1.29 is 27.2 Å². The predicted molar refractivity (Wildman–Crippen MR) is 107 cm³/mol. The van der Waals surface area contributed by atoms with Gasteiger partial charge in [-0.05, 0) is 36.4 Å². The number of hydrogen-bond donors (Lipinski definition) is 1. The summed E-state index contributed by atoms with van der Waals surface area (Å²) in [6, 6.07) is 7.32. The molecule has 2 aromatic carbocycles. The summed E-state index contributed by atoms with van der Waals surface area (Å²) in [5.41, 5.74) is 0.564. The van der Waals surface area contributed by atoms with Gasteiger partial charge in [-0.15, -0.1) is 0 Å². The Morgan fingerprint density at radius 1 is 1.03 bits per heavy atom. The van der Waals surface area contributed by atoms with Crippen molar-refractivity contribution in [2.24, 2.45) is 0 Å². The fourth-order valence-corrected chi connectivity index (χ4v) is 4.74. The normalized spacial score (nSPS) is 13.7. The van der Waals surface area contributed by atoms with Crippen LogP contribution in [0.15, 0.2) is 41.3 Å². The molecule has 10 heteroatoms. The Hall–Kier alpha value is -3.11. The number of fused-ring (bicyclic) bond motifs is 1. The van der Waals surface area contributed by atoms with Gasteiger partial charge in [-0.1, -0.05) is 13.8 Å². The van der Waals surface area contributed by atoms with Crippen LogP contribution in [0, 0.1) is 5.82 Å². The van der Waals surface area contributed by atoms with Crippen LogP contribution in [0.1, 0.15) is 44.9 Å². The van der Waals surface area contributed by atoms with Gasteiger partial charge in [0.25, 0.3) is 17.7 Å². The van der Waals surface area contributed by atoms with Crippen molar-refractivity contribution in [2.75, 3.05) is 25.5 Å². The molecule has 0 atom stereocenters. The molecule has 0 radical (unpaired) electrons. The number of hydrogen-bond acceptors (Lipinski definition) is 5. The van der Waals surface area contributed by atoms with Crippen molar-refractivity contribution in [1.29, 1.82) is 0 Å². The van der Waals surface area contributed by atoms with Gasteiger partial charge in [0.2, 0.25) is 10.0 Å². The Labute approximate surface area is 173 Å². The molecule has 0 bridgehead atoms. The van der Waals surface area contributed by atoms with Gasteiger partial charge in [-0.25, -0.2) is 12.8 Å². The average Bonchev–Trinajstić information content (AvgIpc) is 2.92. The molecule has 0 fully saturated rings. The Morgan fingerprint density at radius 3 is 2.30 bits per heavy atom. The van der Waals surface area contributed by atoms with Gasteiger partial charge in [-0.3, -0.25) is 19.3 Å². The summed E-state index contributed by atoms with van der Waals surface area (Å²) in [5.74, 6) is -2.56. The van der Waals surface area contributed by atoms with Gasteiger partial charge < -0.3 is 5.32 Å². The van der Waals surface area contributed by atoms with E-state index in [-0.39, 0.29) is 35.5 Å². The quantitative estimate of drug-likeness (QED) is 0.705. The fraction of sp³-hybridized carbons (Fsp3) is 0.250. The summed E-state index contributed by atoms with van der Waals surface area (Å²) in [5, 5.41) is 2.54. The second-order valence-electron chi connectivity index (χ2n) is 6.62. The van der Waals surface area contributed by atoms with Crippen LogP contribution >= 0.6 is 0 Å². The first-order valence-electron chi connectivity index (χ1n) is 9.19. The first-order valence-corrected chi connectivity index (χ1v) is 10.6. The Balaban J connectivity index is 1.91. The third-order valence-corrected chi connectivity index (χ3v) is 6.93. The highest BCUT2D eigenvalue weighted by molar-refractivity contribution is 7.89. The van der Waals surface area contributed by atoms with Crippen molar-refractivity contribution in [3.8, 4) is 0 Å². The Kier molecular flexibility index (Phi) is 5.73. The summed E-state index contributed by atoms with van der Waals surface area (Å²) >= 11 is 0. The molecule has 1 aliphatic rings. The van der Waals surface area contributed by atoms with Crippen LogP contribution in [0.3, 0.4) is 0 Å². The maximum Gasteiger partial charge on any atom is 0.261 e. The number of carbonyl (C=O) groups is 3. The van der Waals surface area contributed by atoms with Crippen molar-refractivity contribution in [3.63, 3.8) is 0 Å². The highest BCUT2D eigenvalue weighted by Crippen LogP contribution is 2.26. The van der Waals surface area contributed by atoms with Crippen LogP contribution in [0.2, 0.25) is 0 Å². The lowest BCUT2D eigenvalue weighted by Gasteiger charge is -2.19. The molecular formula is C20H20FN3O5S. The van der Waals surface area contributed by atoms with E-state index in [0.717, 1.165) is 21.3 Å². The Bertz CT molecular complexity index is 1160. The third-order valence-electron chi connectivity index (χ3n) is 4.86. The molecule has 3 amide bonds. The molecule has 8 nitrogen and oxygen atoms in total. The van der Waals surface area contributed by atoms with Gasteiger partial charge in [0, 0.05) is 31.4 Å². The lowest BCUT2D eigenvalue weighted by molar-refractivity contribution is 0.0692. The number of benzene rings is 2. The van der Waals surface area contributed by atoms with Gasteiger partial charge in [0.05, 0.1) is 11.1 Å². The van der Waals surface area contributed by atoms with Crippen LogP contribution < -0.4 is 5.32 Å².